The Kier molecular flexibility index (Phi) is 5.16. The van der Waals surface area contributed by atoms with Crippen molar-refractivity contribution in [3.63, 3.8) is 0 Å². The molecule has 1 aliphatic heterocycles. The Labute approximate surface area is 159 Å². The molecule has 0 spiro atoms. The number of hydrogen-bond donors (Lipinski definition) is 1. The Bertz CT molecular complexity index is 774. The van der Waals surface area contributed by atoms with Gasteiger partial charge in [0, 0.05) is 10.7 Å². The van der Waals surface area contributed by atoms with E-state index in [1.807, 2.05) is 0 Å². The second-order valence-corrected chi connectivity index (χ2v) is 7.36. The number of aliphatic hydroxyl groups is 1. The number of ether oxygens (including phenoxy) is 1. The highest BCUT2D eigenvalue weighted by atomic mass is 35.5. The Morgan fingerprint density at radius 1 is 1.37 bits per heavy atom. The van der Waals surface area contributed by atoms with Crippen LogP contribution < -0.4 is 4.74 Å². The van der Waals surface area contributed by atoms with E-state index in [2.05, 4.69) is 5.10 Å². The topological polar surface area (TPSA) is 62.1 Å². The molecule has 0 bridgehead atoms. The third kappa shape index (κ3) is 3.40. The molecule has 1 aromatic rings. The highest BCUT2D eigenvalue weighted by Gasteiger charge is 2.68. The number of nitrogens with zero attached hydrogens (tertiary/aromatic N) is 2. The standard InChI is InChI=1S/C18H20ClF3N2O3/c1-10-7-12(8-11(2)16(10)19)27-9-15(25)24-17(26,18(20,21)22)13-5-3-4-6-14(13)23-24/h7-8,13,26H,3-6,9H2,1-2H3/t13-,17-/m1/s1. The monoisotopic (exact) mass is 404 g/mol. The van der Waals surface area contributed by atoms with Gasteiger partial charge in [0.05, 0.1) is 5.92 Å². The van der Waals surface area contributed by atoms with Crippen molar-refractivity contribution in [1.82, 2.24) is 5.01 Å². The van der Waals surface area contributed by atoms with Crippen LogP contribution in [0.3, 0.4) is 0 Å². The SMILES string of the molecule is Cc1cc(OCC(=O)N2N=C3CCCC[C@H]3[C@@]2(O)C(F)(F)F)cc(C)c1Cl. The number of hydrazone groups is 1. The van der Waals surface area contributed by atoms with Gasteiger partial charge in [-0.05, 0) is 56.4 Å². The first kappa shape index (κ1) is 19.9. The smallest absolute Gasteiger partial charge is 0.439 e. The highest BCUT2D eigenvalue weighted by Crippen LogP contribution is 2.48. The molecule has 5 nitrogen and oxygen atoms in total. The number of fused-ring (bicyclic) bond motifs is 1. The van der Waals surface area contributed by atoms with Crippen molar-refractivity contribution in [2.24, 2.45) is 11.0 Å². The molecule has 3 rings (SSSR count). The molecule has 0 aromatic heterocycles. The van der Waals surface area contributed by atoms with Gasteiger partial charge in [-0.1, -0.05) is 18.0 Å². The van der Waals surface area contributed by atoms with Gasteiger partial charge < -0.3 is 9.84 Å². The average molecular weight is 405 g/mol. The molecule has 1 saturated carbocycles. The van der Waals surface area contributed by atoms with Crippen LogP contribution in [0.5, 0.6) is 5.75 Å². The first-order valence-corrected chi connectivity index (χ1v) is 9.02. The summed E-state index contributed by atoms with van der Waals surface area (Å²) in [7, 11) is 0. The molecular weight excluding hydrogens is 385 g/mol. The second kappa shape index (κ2) is 6.98. The molecule has 148 valence electrons. The Morgan fingerprint density at radius 3 is 2.59 bits per heavy atom. The largest absolute Gasteiger partial charge is 0.484 e. The minimum atomic E-state index is -5.02. The summed E-state index contributed by atoms with van der Waals surface area (Å²) in [5, 5.41) is 15.0. The van der Waals surface area contributed by atoms with Crippen LogP contribution in [0.1, 0.15) is 36.8 Å². The van der Waals surface area contributed by atoms with E-state index in [0.717, 1.165) is 11.1 Å². The third-order valence-corrected chi connectivity index (χ3v) is 5.64. The summed E-state index contributed by atoms with van der Waals surface area (Å²) in [6, 6.07) is 3.18. The molecule has 1 aromatic carbocycles. The quantitative estimate of drug-likeness (QED) is 0.829. The van der Waals surface area contributed by atoms with Gasteiger partial charge >= 0.3 is 6.18 Å². The molecule has 2 atom stereocenters. The van der Waals surface area contributed by atoms with Gasteiger partial charge in [-0.3, -0.25) is 4.79 Å². The molecule has 1 heterocycles. The van der Waals surface area contributed by atoms with Gasteiger partial charge in [0.15, 0.2) is 6.61 Å². The third-order valence-electron chi connectivity index (χ3n) is 5.04. The number of aryl methyl sites for hydroxylation is 2. The molecule has 1 amide bonds. The molecule has 0 saturated heterocycles. The van der Waals surface area contributed by atoms with Crippen LogP contribution in [0.4, 0.5) is 13.2 Å². The minimum absolute atomic E-state index is 0.134. The van der Waals surface area contributed by atoms with Crippen LogP contribution in [-0.4, -0.2) is 40.2 Å². The fourth-order valence-electron chi connectivity index (χ4n) is 3.66. The van der Waals surface area contributed by atoms with Crippen LogP contribution in [0.2, 0.25) is 5.02 Å². The van der Waals surface area contributed by atoms with E-state index in [4.69, 9.17) is 16.3 Å². The first-order chi connectivity index (χ1) is 12.6. The zero-order valence-corrected chi connectivity index (χ0v) is 15.7. The van der Waals surface area contributed by atoms with Crippen molar-refractivity contribution in [2.45, 2.75) is 51.4 Å². The van der Waals surface area contributed by atoms with Gasteiger partial charge in [-0.2, -0.15) is 23.3 Å². The zero-order chi connectivity index (χ0) is 20.0. The first-order valence-electron chi connectivity index (χ1n) is 8.64. The summed E-state index contributed by atoms with van der Waals surface area (Å²) in [6.07, 6.45) is -3.32. The molecule has 0 radical (unpaired) electrons. The maximum Gasteiger partial charge on any atom is 0.439 e. The number of alkyl halides is 3. The van der Waals surface area contributed by atoms with Crippen molar-refractivity contribution in [1.29, 1.82) is 0 Å². The summed E-state index contributed by atoms with van der Waals surface area (Å²) >= 11 is 6.07. The minimum Gasteiger partial charge on any atom is -0.484 e. The van der Waals surface area contributed by atoms with E-state index in [1.165, 1.54) is 0 Å². The number of amides is 1. The molecule has 1 aliphatic carbocycles. The van der Waals surface area contributed by atoms with Crippen LogP contribution in [0, 0.1) is 19.8 Å². The number of halogens is 4. The zero-order valence-electron chi connectivity index (χ0n) is 14.9. The summed E-state index contributed by atoms with van der Waals surface area (Å²) < 4.78 is 46.4. The molecule has 9 heteroatoms. The molecule has 1 N–H and O–H groups in total. The van der Waals surface area contributed by atoms with E-state index in [0.29, 0.717) is 30.0 Å². The van der Waals surface area contributed by atoms with Crippen molar-refractivity contribution in [2.75, 3.05) is 6.61 Å². The van der Waals surface area contributed by atoms with Crippen LogP contribution >= 0.6 is 11.6 Å². The van der Waals surface area contributed by atoms with Crippen LogP contribution in [0.15, 0.2) is 17.2 Å². The summed E-state index contributed by atoms with van der Waals surface area (Å²) in [5.74, 6) is -1.97. The fraction of sp³-hybridized carbons (Fsp3) is 0.556. The molecule has 1 fully saturated rings. The number of rotatable bonds is 3. The van der Waals surface area contributed by atoms with Crippen molar-refractivity contribution < 1.29 is 27.8 Å². The normalized spacial score (nSPS) is 25.2. The summed E-state index contributed by atoms with van der Waals surface area (Å²) in [6.45, 7) is 2.83. The molecule has 0 unspecified atom stereocenters. The molecule has 2 aliphatic rings. The van der Waals surface area contributed by atoms with E-state index in [-0.39, 0.29) is 17.1 Å². The van der Waals surface area contributed by atoms with Gasteiger partial charge in [0.25, 0.3) is 11.6 Å². The highest BCUT2D eigenvalue weighted by molar-refractivity contribution is 6.32. The number of carbonyl (C=O) groups is 1. The number of hydrogen-bond acceptors (Lipinski definition) is 4. The van der Waals surface area contributed by atoms with Crippen LogP contribution in [-0.2, 0) is 4.79 Å². The van der Waals surface area contributed by atoms with Crippen molar-refractivity contribution in [3.05, 3.63) is 28.3 Å². The average Bonchev–Trinajstić information content (AvgIpc) is 2.92. The summed E-state index contributed by atoms with van der Waals surface area (Å²) in [4.78, 5) is 12.5. The lowest BCUT2D eigenvalue weighted by Crippen LogP contribution is -2.62. The van der Waals surface area contributed by atoms with Gasteiger partial charge in [-0.25, -0.2) is 0 Å². The summed E-state index contributed by atoms with van der Waals surface area (Å²) in [5.41, 5.74) is -1.67. The maximum atomic E-state index is 13.7. The Hall–Kier alpha value is -1.80. The maximum absolute atomic E-state index is 13.7. The number of benzene rings is 1. The molecular formula is C18H20ClF3N2O3. The Morgan fingerprint density at radius 2 is 2.00 bits per heavy atom. The van der Waals surface area contributed by atoms with E-state index >= 15 is 0 Å². The van der Waals surface area contributed by atoms with Gasteiger partial charge in [-0.15, -0.1) is 0 Å². The van der Waals surface area contributed by atoms with Gasteiger partial charge in [0.1, 0.15) is 5.75 Å². The predicted octanol–water partition coefficient (Wildman–Crippen LogP) is 3.97. The number of carbonyl (C=O) groups excluding carboxylic acids is 1. The fourth-order valence-corrected chi connectivity index (χ4v) is 3.77. The lowest BCUT2D eigenvalue weighted by atomic mass is 9.80. The van der Waals surface area contributed by atoms with E-state index in [9.17, 15) is 23.1 Å². The second-order valence-electron chi connectivity index (χ2n) is 6.98. The van der Waals surface area contributed by atoms with Crippen molar-refractivity contribution >= 4 is 23.2 Å². The van der Waals surface area contributed by atoms with Crippen LogP contribution in [0.25, 0.3) is 0 Å². The lowest BCUT2D eigenvalue weighted by Gasteiger charge is -2.38. The predicted molar refractivity (Wildman–Crippen MR) is 93.7 cm³/mol. The lowest BCUT2D eigenvalue weighted by molar-refractivity contribution is -0.317. The Balaban J connectivity index is 1.81. The van der Waals surface area contributed by atoms with Crippen molar-refractivity contribution in [3.8, 4) is 5.75 Å². The molecule has 27 heavy (non-hydrogen) atoms. The van der Waals surface area contributed by atoms with E-state index in [1.54, 1.807) is 26.0 Å². The van der Waals surface area contributed by atoms with Gasteiger partial charge in [0.2, 0.25) is 0 Å². The van der Waals surface area contributed by atoms with E-state index < -0.39 is 30.3 Å².